The highest BCUT2D eigenvalue weighted by molar-refractivity contribution is 5.33. The van der Waals surface area contributed by atoms with Gasteiger partial charge in [0, 0.05) is 0 Å². The lowest BCUT2D eigenvalue weighted by Crippen LogP contribution is -2.15. The Labute approximate surface area is 82.7 Å². The molecule has 2 atom stereocenters. The third-order valence-corrected chi connectivity index (χ3v) is 2.56. The minimum absolute atomic E-state index is 0.0461. The maximum absolute atomic E-state index is 12.9. The smallest absolute Gasteiger partial charge is 0.205 e. The number of alkyl halides is 5. The fourth-order valence-electron chi connectivity index (χ4n) is 1.81. The third-order valence-electron chi connectivity index (χ3n) is 2.56. The Bertz CT molecular complexity index is 354. The topological polar surface area (TPSA) is 0 Å². The Morgan fingerprint density at radius 2 is 1.53 bits per heavy atom. The van der Waals surface area contributed by atoms with Crippen molar-refractivity contribution in [3.63, 3.8) is 0 Å². The van der Waals surface area contributed by atoms with Gasteiger partial charge in [-0.3, -0.25) is 0 Å². The molecular formula is C10H7F5. The summed E-state index contributed by atoms with van der Waals surface area (Å²) in [5, 5.41) is 0. The number of rotatable bonds is 1. The maximum atomic E-state index is 12.9. The summed E-state index contributed by atoms with van der Waals surface area (Å²) in [5.41, 5.74) is 0.0461. The fourth-order valence-corrected chi connectivity index (χ4v) is 1.81. The van der Waals surface area contributed by atoms with Crippen LogP contribution in [0.15, 0.2) is 30.3 Å². The molecule has 0 heterocycles. The number of benzene rings is 1. The molecule has 1 aliphatic rings. The summed E-state index contributed by atoms with van der Waals surface area (Å²) in [4.78, 5) is 0. The first-order valence-electron chi connectivity index (χ1n) is 4.34. The molecule has 1 aliphatic carbocycles. The van der Waals surface area contributed by atoms with Crippen LogP contribution in [0.5, 0.6) is 0 Å². The third kappa shape index (κ3) is 1.60. The van der Waals surface area contributed by atoms with Crippen molar-refractivity contribution < 1.29 is 22.0 Å². The SMILES string of the molecule is FC(F)(F)[C@@H]1C(c2ccccc2)C1(F)F. The largest absolute Gasteiger partial charge is 0.398 e. The molecule has 0 bridgehead atoms. The van der Waals surface area contributed by atoms with Gasteiger partial charge in [-0.05, 0) is 5.56 Å². The van der Waals surface area contributed by atoms with Crippen molar-refractivity contribution in [1.82, 2.24) is 0 Å². The summed E-state index contributed by atoms with van der Waals surface area (Å²) >= 11 is 0. The molecule has 15 heavy (non-hydrogen) atoms. The fraction of sp³-hybridized carbons (Fsp3) is 0.400. The van der Waals surface area contributed by atoms with Crippen molar-refractivity contribution in [3.05, 3.63) is 35.9 Å². The first-order valence-corrected chi connectivity index (χ1v) is 4.34. The van der Waals surface area contributed by atoms with E-state index >= 15 is 0 Å². The molecule has 1 unspecified atom stereocenters. The van der Waals surface area contributed by atoms with Gasteiger partial charge in [-0.25, -0.2) is 8.78 Å². The summed E-state index contributed by atoms with van der Waals surface area (Å²) in [7, 11) is 0. The monoisotopic (exact) mass is 222 g/mol. The lowest BCUT2D eigenvalue weighted by Gasteiger charge is -2.02. The molecule has 0 radical (unpaired) electrons. The van der Waals surface area contributed by atoms with E-state index in [1.807, 2.05) is 0 Å². The summed E-state index contributed by atoms with van der Waals surface area (Å²) in [6, 6.07) is 7.08. The van der Waals surface area contributed by atoms with Gasteiger partial charge < -0.3 is 0 Å². The molecule has 0 amide bonds. The van der Waals surface area contributed by atoms with Gasteiger partial charge in [0.15, 0.2) is 0 Å². The van der Waals surface area contributed by atoms with Crippen LogP contribution in [0.25, 0.3) is 0 Å². The van der Waals surface area contributed by atoms with E-state index in [2.05, 4.69) is 0 Å². The molecule has 1 saturated carbocycles. The standard InChI is InChI=1S/C10H7F5/c11-9(12)7(8(9)10(13,14)15)6-4-2-1-3-5-6/h1-5,7-8H/t7?,8-/m1/s1. The van der Waals surface area contributed by atoms with Crippen molar-refractivity contribution in [2.75, 3.05) is 0 Å². The minimum atomic E-state index is -4.83. The Hall–Kier alpha value is -1.13. The van der Waals surface area contributed by atoms with E-state index in [0.29, 0.717) is 0 Å². The van der Waals surface area contributed by atoms with Gasteiger partial charge in [-0.1, -0.05) is 30.3 Å². The van der Waals surface area contributed by atoms with Gasteiger partial charge in [0.25, 0.3) is 5.92 Å². The number of hydrogen-bond acceptors (Lipinski definition) is 0. The van der Waals surface area contributed by atoms with Crippen molar-refractivity contribution >= 4 is 0 Å². The molecule has 0 spiro atoms. The van der Waals surface area contributed by atoms with E-state index in [0.717, 1.165) is 0 Å². The molecule has 0 N–H and O–H groups in total. The summed E-state index contributed by atoms with van der Waals surface area (Å²) in [5.74, 6) is -7.88. The quantitative estimate of drug-likeness (QED) is 0.637. The Kier molecular flexibility index (Phi) is 2.03. The number of halogens is 5. The first-order chi connectivity index (χ1) is 6.85. The predicted octanol–water partition coefficient (Wildman–Crippen LogP) is 3.60. The van der Waals surface area contributed by atoms with Crippen LogP contribution in [-0.2, 0) is 0 Å². The van der Waals surface area contributed by atoms with Gasteiger partial charge in [-0.2, -0.15) is 13.2 Å². The van der Waals surface area contributed by atoms with Gasteiger partial charge in [0.1, 0.15) is 5.92 Å². The van der Waals surface area contributed by atoms with Crippen LogP contribution in [0.1, 0.15) is 11.5 Å². The Morgan fingerprint density at radius 3 is 1.93 bits per heavy atom. The van der Waals surface area contributed by atoms with Crippen LogP contribution in [0, 0.1) is 5.92 Å². The highest BCUT2D eigenvalue weighted by atomic mass is 19.4. The van der Waals surface area contributed by atoms with Crippen LogP contribution in [-0.4, -0.2) is 12.1 Å². The zero-order valence-electron chi connectivity index (χ0n) is 7.43. The zero-order chi connectivity index (χ0) is 11.3. The lowest BCUT2D eigenvalue weighted by atomic mass is 10.1. The molecule has 0 saturated heterocycles. The number of hydrogen-bond donors (Lipinski definition) is 0. The Morgan fingerprint density at radius 1 is 1.00 bits per heavy atom. The second-order valence-electron chi connectivity index (χ2n) is 3.58. The molecule has 1 fully saturated rings. The molecule has 0 nitrogen and oxygen atoms in total. The van der Waals surface area contributed by atoms with Gasteiger partial charge in [0.2, 0.25) is 0 Å². The normalized spacial score (nSPS) is 28.9. The molecule has 0 aliphatic heterocycles. The molecular weight excluding hydrogens is 215 g/mol. The van der Waals surface area contributed by atoms with Gasteiger partial charge >= 0.3 is 6.18 Å². The molecule has 1 aromatic carbocycles. The van der Waals surface area contributed by atoms with Crippen molar-refractivity contribution in [1.29, 1.82) is 0 Å². The van der Waals surface area contributed by atoms with Gasteiger partial charge in [0.05, 0.1) is 5.92 Å². The van der Waals surface area contributed by atoms with Crippen molar-refractivity contribution in [2.24, 2.45) is 5.92 Å². The van der Waals surface area contributed by atoms with Gasteiger partial charge in [-0.15, -0.1) is 0 Å². The van der Waals surface area contributed by atoms with E-state index in [9.17, 15) is 22.0 Å². The van der Waals surface area contributed by atoms with E-state index in [-0.39, 0.29) is 5.56 Å². The Balaban J connectivity index is 2.28. The summed E-state index contributed by atoms with van der Waals surface area (Å²) in [6.45, 7) is 0. The maximum Gasteiger partial charge on any atom is 0.398 e. The van der Waals surface area contributed by atoms with E-state index in [4.69, 9.17) is 0 Å². The minimum Gasteiger partial charge on any atom is -0.205 e. The highest BCUT2D eigenvalue weighted by Gasteiger charge is 2.78. The molecule has 2 rings (SSSR count). The van der Waals surface area contributed by atoms with E-state index < -0.39 is 23.9 Å². The van der Waals surface area contributed by atoms with Crippen LogP contribution in [0.2, 0.25) is 0 Å². The average Bonchev–Trinajstić information content (AvgIpc) is 2.70. The van der Waals surface area contributed by atoms with E-state index in [1.165, 1.54) is 24.3 Å². The molecule has 82 valence electrons. The second kappa shape index (κ2) is 2.93. The van der Waals surface area contributed by atoms with E-state index in [1.54, 1.807) is 6.07 Å². The molecule has 0 aromatic heterocycles. The highest BCUT2D eigenvalue weighted by Crippen LogP contribution is 2.67. The van der Waals surface area contributed by atoms with Crippen LogP contribution >= 0.6 is 0 Å². The second-order valence-corrected chi connectivity index (χ2v) is 3.58. The van der Waals surface area contributed by atoms with Crippen molar-refractivity contribution in [3.8, 4) is 0 Å². The summed E-state index contributed by atoms with van der Waals surface area (Å²) in [6.07, 6.45) is -4.83. The average molecular weight is 222 g/mol. The van der Waals surface area contributed by atoms with Crippen LogP contribution < -0.4 is 0 Å². The van der Waals surface area contributed by atoms with Crippen LogP contribution in [0.4, 0.5) is 22.0 Å². The molecule has 5 heteroatoms. The summed E-state index contributed by atoms with van der Waals surface area (Å²) < 4.78 is 62.4. The van der Waals surface area contributed by atoms with Crippen LogP contribution in [0.3, 0.4) is 0 Å². The molecule has 1 aromatic rings. The lowest BCUT2D eigenvalue weighted by molar-refractivity contribution is -0.167. The predicted molar refractivity (Wildman–Crippen MR) is 43.7 cm³/mol. The zero-order valence-corrected chi connectivity index (χ0v) is 7.43. The first kappa shape index (κ1) is 10.4. The van der Waals surface area contributed by atoms with Crippen molar-refractivity contribution in [2.45, 2.75) is 18.0 Å².